The van der Waals surface area contributed by atoms with Crippen LogP contribution in [-0.2, 0) is 10.0 Å². The number of halogens is 1. The smallest absolute Gasteiger partial charge is 0.244 e. The van der Waals surface area contributed by atoms with Gasteiger partial charge in [0, 0.05) is 18.7 Å². The molecule has 1 heterocycles. The number of hydrogen-bond acceptors (Lipinski definition) is 3. The Morgan fingerprint density at radius 2 is 2.25 bits per heavy atom. The molecule has 1 aromatic carbocycles. The van der Waals surface area contributed by atoms with Crippen molar-refractivity contribution in [3.8, 4) is 0 Å². The summed E-state index contributed by atoms with van der Waals surface area (Å²) in [7, 11) is -3.54. The van der Waals surface area contributed by atoms with Gasteiger partial charge < -0.3 is 5.73 Å². The van der Waals surface area contributed by atoms with Crippen LogP contribution >= 0.6 is 23.8 Å². The van der Waals surface area contributed by atoms with E-state index in [0.29, 0.717) is 24.6 Å². The largest absolute Gasteiger partial charge is 0.389 e. The Morgan fingerprint density at radius 3 is 2.75 bits per heavy atom. The van der Waals surface area contributed by atoms with E-state index in [1.165, 1.54) is 16.4 Å². The summed E-state index contributed by atoms with van der Waals surface area (Å²) in [6, 6.07) is 4.57. The topological polar surface area (TPSA) is 63.4 Å². The number of hydrogen-bond donors (Lipinski definition) is 1. The third-order valence-electron chi connectivity index (χ3n) is 3.66. The average molecular weight is 333 g/mol. The van der Waals surface area contributed by atoms with Gasteiger partial charge in [0.25, 0.3) is 0 Å². The Morgan fingerprint density at radius 1 is 1.55 bits per heavy atom. The molecular formula is C13H17ClN2O2S2. The Balaban J connectivity index is 2.33. The van der Waals surface area contributed by atoms with E-state index in [9.17, 15) is 8.42 Å². The Bertz CT molecular complexity index is 631. The zero-order chi connectivity index (χ0) is 14.9. The van der Waals surface area contributed by atoms with Gasteiger partial charge >= 0.3 is 0 Å². The van der Waals surface area contributed by atoms with Crippen LogP contribution in [0.1, 0.15) is 25.3 Å². The molecule has 4 nitrogen and oxygen atoms in total. The van der Waals surface area contributed by atoms with Gasteiger partial charge in [0.15, 0.2) is 0 Å². The van der Waals surface area contributed by atoms with Crippen molar-refractivity contribution in [3.05, 3.63) is 28.8 Å². The number of nitrogens with zero attached hydrogens (tertiary/aromatic N) is 1. The maximum absolute atomic E-state index is 12.6. The van der Waals surface area contributed by atoms with Crippen molar-refractivity contribution in [1.82, 2.24) is 4.31 Å². The number of rotatable bonds is 4. The van der Waals surface area contributed by atoms with E-state index in [0.717, 1.165) is 12.8 Å². The van der Waals surface area contributed by atoms with Gasteiger partial charge in [-0.1, -0.05) is 43.2 Å². The van der Waals surface area contributed by atoms with Crippen LogP contribution in [0, 0.1) is 5.92 Å². The summed E-state index contributed by atoms with van der Waals surface area (Å²) in [5.74, 6) is 0.430. The number of benzene rings is 1. The molecule has 0 spiro atoms. The molecule has 0 radical (unpaired) electrons. The van der Waals surface area contributed by atoms with Gasteiger partial charge in [-0.15, -0.1) is 0 Å². The normalized spacial score (nSPS) is 20.2. The lowest BCUT2D eigenvalue weighted by molar-refractivity contribution is 0.453. The van der Waals surface area contributed by atoms with Crippen LogP contribution in [-0.4, -0.2) is 30.8 Å². The molecule has 0 bridgehead atoms. The highest BCUT2D eigenvalue weighted by molar-refractivity contribution is 7.89. The van der Waals surface area contributed by atoms with Crippen molar-refractivity contribution in [1.29, 1.82) is 0 Å². The fourth-order valence-electron chi connectivity index (χ4n) is 2.35. The van der Waals surface area contributed by atoms with E-state index in [1.54, 1.807) is 6.07 Å². The minimum atomic E-state index is -3.54. The molecule has 1 unspecified atom stereocenters. The van der Waals surface area contributed by atoms with Gasteiger partial charge in [-0.05, 0) is 24.5 Å². The molecule has 1 aromatic rings. The first-order chi connectivity index (χ1) is 9.36. The SMILES string of the molecule is CCC1CCN(S(=O)(=O)c2ccc(C(N)=S)cc2Cl)C1. The third kappa shape index (κ3) is 2.98. The highest BCUT2D eigenvalue weighted by atomic mass is 35.5. The van der Waals surface area contributed by atoms with Gasteiger partial charge in [0.1, 0.15) is 9.88 Å². The van der Waals surface area contributed by atoms with E-state index < -0.39 is 10.0 Å². The van der Waals surface area contributed by atoms with E-state index in [2.05, 4.69) is 6.92 Å². The van der Waals surface area contributed by atoms with Crippen LogP contribution in [0.25, 0.3) is 0 Å². The first kappa shape index (κ1) is 15.7. The first-order valence-electron chi connectivity index (χ1n) is 6.45. The summed E-state index contributed by atoms with van der Waals surface area (Å²) < 4.78 is 26.7. The van der Waals surface area contributed by atoms with Crippen molar-refractivity contribution in [2.45, 2.75) is 24.7 Å². The van der Waals surface area contributed by atoms with Gasteiger partial charge in [0.2, 0.25) is 10.0 Å². The quantitative estimate of drug-likeness (QED) is 0.860. The summed E-state index contributed by atoms with van der Waals surface area (Å²) in [4.78, 5) is 0.319. The predicted molar refractivity (Wildman–Crippen MR) is 84.5 cm³/mol. The lowest BCUT2D eigenvalue weighted by Crippen LogP contribution is -2.29. The maximum atomic E-state index is 12.6. The summed E-state index contributed by atoms with van der Waals surface area (Å²) >= 11 is 10.9. The highest BCUT2D eigenvalue weighted by Gasteiger charge is 2.33. The molecule has 2 N–H and O–H groups in total. The van der Waals surface area contributed by atoms with Gasteiger partial charge in [-0.3, -0.25) is 0 Å². The molecule has 1 fully saturated rings. The summed E-state index contributed by atoms with van der Waals surface area (Å²) in [6.07, 6.45) is 1.89. The third-order valence-corrected chi connectivity index (χ3v) is 6.24. The van der Waals surface area contributed by atoms with Crippen LogP contribution in [0.5, 0.6) is 0 Å². The minimum Gasteiger partial charge on any atom is -0.389 e. The standard InChI is InChI=1S/C13H17ClN2O2S2/c1-2-9-5-6-16(8-9)20(17,18)12-4-3-10(13(15)19)7-11(12)14/h3-4,7,9H,2,5-6,8H2,1H3,(H2,15,19). The molecule has 1 atom stereocenters. The van der Waals surface area contributed by atoms with Crippen LogP contribution in [0.3, 0.4) is 0 Å². The summed E-state index contributed by atoms with van der Waals surface area (Å²) in [5, 5.41) is 0.162. The van der Waals surface area contributed by atoms with E-state index in [1.807, 2.05) is 0 Å². The zero-order valence-electron chi connectivity index (χ0n) is 11.2. The molecule has 1 aliphatic heterocycles. The van der Waals surface area contributed by atoms with Gasteiger partial charge in [0.05, 0.1) is 5.02 Å². The molecule has 1 saturated heterocycles. The monoisotopic (exact) mass is 332 g/mol. The van der Waals surface area contributed by atoms with Crippen molar-refractivity contribution < 1.29 is 8.42 Å². The minimum absolute atomic E-state index is 0.121. The second kappa shape index (κ2) is 5.97. The zero-order valence-corrected chi connectivity index (χ0v) is 13.6. The molecule has 0 saturated carbocycles. The van der Waals surface area contributed by atoms with Crippen LogP contribution in [0.15, 0.2) is 23.1 Å². The molecule has 2 rings (SSSR count). The van der Waals surface area contributed by atoms with Crippen molar-refractivity contribution in [3.63, 3.8) is 0 Å². The second-order valence-corrected chi connectivity index (χ2v) is 7.69. The predicted octanol–water partition coefficient (Wildman–Crippen LogP) is 2.39. The molecule has 0 aliphatic carbocycles. The Kier molecular flexibility index (Phi) is 4.69. The molecular weight excluding hydrogens is 316 g/mol. The van der Waals surface area contributed by atoms with Gasteiger partial charge in [-0.25, -0.2) is 8.42 Å². The van der Waals surface area contributed by atoms with E-state index in [-0.39, 0.29) is 14.9 Å². The first-order valence-corrected chi connectivity index (χ1v) is 8.68. The van der Waals surface area contributed by atoms with Crippen molar-refractivity contribution in [2.24, 2.45) is 11.7 Å². The fraction of sp³-hybridized carbons (Fsp3) is 0.462. The maximum Gasteiger partial charge on any atom is 0.244 e. The highest BCUT2D eigenvalue weighted by Crippen LogP contribution is 2.30. The molecule has 1 aliphatic rings. The molecule has 0 aromatic heterocycles. The van der Waals surface area contributed by atoms with E-state index >= 15 is 0 Å². The molecule has 20 heavy (non-hydrogen) atoms. The molecule has 0 amide bonds. The summed E-state index contributed by atoms with van der Waals surface area (Å²) in [5.41, 5.74) is 6.08. The Labute approximate surface area is 130 Å². The molecule has 110 valence electrons. The fourth-order valence-corrected chi connectivity index (χ4v) is 4.53. The van der Waals surface area contributed by atoms with Crippen LogP contribution < -0.4 is 5.73 Å². The number of nitrogens with two attached hydrogens (primary N) is 1. The second-order valence-electron chi connectivity index (χ2n) is 4.94. The number of sulfonamides is 1. The Hall–Kier alpha value is -0.690. The summed E-state index contributed by atoms with van der Waals surface area (Å²) in [6.45, 7) is 3.19. The van der Waals surface area contributed by atoms with Crippen LogP contribution in [0.2, 0.25) is 5.02 Å². The van der Waals surface area contributed by atoms with Crippen molar-refractivity contribution in [2.75, 3.05) is 13.1 Å². The average Bonchev–Trinajstić information content (AvgIpc) is 2.87. The number of thiocarbonyl (C=S) groups is 1. The van der Waals surface area contributed by atoms with E-state index in [4.69, 9.17) is 29.6 Å². The van der Waals surface area contributed by atoms with Gasteiger partial charge in [-0.2, -0.15) is 4.31 Å². The van der Waals surface area contributed by atoms with Crippen LogP contribution in [0.4, 0.5) is 0 Å². The lowest BCUT2D eigenvalue weighted by Gasteiger charge is -2.17. The van der Waals surface area contributed by atoms with Crippen molar-refractivity contribution >= 4 is 38.8 Å². The molecule has 7 heteroatoms. The lowest BCUT2D eigenvalue weighted by atomic mass is 10.1.